The Morgan fingerprint density at radius 1 is 0.304 bits per heavy atom. The Labute approximate surface area is 426 Å². The minimum atomic E-state index is -0.809. The zero-order valence-electron chi connectivity index (χ0n) is 45.0. The van der Waals surface area contributed by atoms with E-state index in [2.05, 4.69) is 118 Å². The molecule has 0 aliphatic rings. The molecule has 0 aromatic carbocycles. The second-order valence-electron chi connectivity index (χ2n) is 18.8. The highest BCUT2D eigenvalue weighted by Gasteiger charge is 2.19. The first-order valence-electron chi connectivity index (χ1n) is 28.7. The van der Waals surface area contributed by atoms with Crippen molar-refractivity contribution in [3.63, 3.8) is 0 Å². The Morgan fingerprint density at radius 2 is 0.580 bits per heavy atom. The van der Waals surface area contributed by atoms with E-state index in [0.717, 1.165) is 116 Å². The maximum absolute atomic E-state index is 12.8. The SMILES string of the molecule is CC/C=C\C/C=C\C/C=C\C/C=C\C/C=C\CCCC(=O)OC[C@H](COC(=O)CCCCCCCCCCCCCCCCCCCCC)OC(=O)CCCCCCC/C=C\C/C=C\C/C=C\CC. The van der Waals surface area contributed by atoms with Crippen molar-refractivity contribution in [1.82, 2.24) is 0 Å². The lowest BCUT2D eigenvalue weighted by atomic mass is 10.0. The summed E-state index contributed by atoms with van der Waals surface area (Å²) in [4.78, 5) is 38.1. The van der Waals surface area contributed by atoms with Gasteiger partial charge < -0.3 is 14.2 Å². The predicted molar refractivity (Wildman–Crippen MR) is 297 cm³/mol. The largest absolute Gasteiger partial charge is 0.462 e. The van der Waals surface area contributed by atoms with Gasteiger partial charge in [-0.1, -0.05) is 253 Å². The number of allylic oxidation sites excluding steroid dienone is 16. The van der Waals surface area contributed by atoms with E-state index in [0.29, 0.717) is 19.3 Å². The smallest absolute Gasteiger partial charge is 0.306 e. The van der Waals surface area contributed by atoms with Crippen molar-refractivity contribution < 1.29 is 28.6 Å². The number of carbonyl (C=O) groups excluding carboxylic acids is 3. The van der Waals surface area contributed by atoms with Crippen LogP contribution in [-0.4, -0.2) is 37.2 Å². The Bertz CT molecular complexity index is 1380. The van der Waals surface area contributed by atoms with Crippen LogP contribution >= 0.6 is 0 Å². The van der Waals surface area contributed by atoms with Gasteiger partial charge in [-0.3, -0.25) is 14.4 Å². The average Bonchev–Trinajstić information content (AvgIpc) is 3.35. The van der Waals surface area contributed by atoms with Crippen LogP contribution in [0, 0.1) is 0 Å². The predicted octanol–water partition coefficient (Wildman–Crippen LogP) is 19.3. The fraction of sp³-hybridized carbons (Fsp3) is 0.698. The van der Waals surface area contributed by atoms with Gasteiger partial charge >= 0.3 is 17.9 Å². The lowest BCUT2D eigenvalue weighted by Gasteiger charge is -2.18. The lowest BCUT2D eigenvalue weighted by Crippen LogP contribution is -2.30. The number of carbonyl (C=O) groups is 3. The molecule has 394 valence electrons. The number of ether oxygens (including phenoxy) is 3. The molecule has 0 spiro atoms. The third-order valence-corrected chi connectivity index (χ3v) is 12.1. The van der Waals surface area contributed by atoms with Gasteiger partial charge in [0.25, 0.3) is 0 Å². The quantitative estimate of drug-likeness (QED) is 0.0262. The van der Waals surface area contributed by atoms with Gasteiger partial charge in [0, 0.05) is 19.3 Å². The van der Waals surface area contributed by atoms with Crippen LogP contribution in [0.1, 0.15) is 265 Å². The molecule has 0 saturated heterocycles. The molecule has 0 fully saturated rings. The van der Waals surface area contributed by atoms with E-state index in [1.165, 1.54) is 103 Å². The van der Waals surface area contributed by atoms with Crippen molar-refractivity contribution >= 4 is 17.9 Å². The van der Waals surface area contributed by atoms with Crippen molar-refractivity contribution in [3.8, 4) is 0 Å². The van der Waals surface area contributed by atoms with E-state index in [4.69, 9.17) is 14.2 Å². The van der Waals surface area contributed by atoms with E-state index in [1.54, 1.807) is 0 Å². The van der Waals surface area contributed by atoms with Gasteiger partial charge in [-0.05, 0) is 89.9 Å². The zero-order chi connectivity index (χ0) is 50.0. The van der Waals surface area contributed by atoms with Crippen LogP contribution < -0.4 is 0 Å². The molecule has 0 aromatic heterocycles. The van der Waals surface area contributed by atoms with Gasteiger partial charge in [-0.15, -0.1) is 0 Å². The Hall–Kier alpha value is -3.67. The van der Waals surface area contributed by atoms with E-state index in [-0.39, 0.29) is 37.5 Å². The van der Waals surface area contributed by atoms with Crippen molar-refractivity contribution in [3.05, 3.63) is 97.2 Å². The van der Waals surface area contributed by atoms with Crippen LogP contribution in [0.4, 0.5) is 0 Å². The molecular formula is C63H106O6. The van der Waals surface area contributed by atoms with Gasteiger partial charge in [0.15, 0.2) is 6.10 Å². The molecule has 69 heavy (non-hydrogen) atoms. The van der Waals surface area contributed by atoms with E-state index < -0.39 is 6.10 Å². The first-order valence-corrected chi connectivity index (χ1v) is 28.7. The third-order valence-electron chi connectivity index (χ3n) is 12.1. The van der Waals surface area contributed by atoms with Crippen LogP contribution in [0.25, 0.3) is 0 Å². The molecule has 0 aliphatic heterocycles. The summed E-state index contributed by atoms with van der Waals surface area (Å²) in [6.07, 6.45) is 75.5. The topological polar surface area (TPSA) is 78.9 Å². The second-order valence-corrected chi connectivity index (χ2v) is 18.8. The molecule has 0 amide bonds. The van der Waals surface area contributed by atoms with Gasteiger partial charge in [-0.25, -0.2) is 0 Å². The molecule has 6 heteroatoms. The van der Waals surface area contributed by atoms with Crippen LogP contribution in [0.2, 0.25) is 0 Å². The van der Waals surface area contributed by atoms with Crippen LogP contribution in [0.15, 0.2) is 97.2 Å². The molecule has 0 N–H and O–H groups in total. The van der Waals surface area contributed by atoms with Crippen molar-refractivity contribution in [2.75, 3.05) is 13.2 Å². The first-order chi connectivity index (χ1) is 34.0. The van der Waals surface area contributed by atoms with Gasteiger partial charge in [0.2, 0.25) is 0 Å². The summed E-state index contributed by atoms with van der Waals surface area (Å²) < 4.78 is 16.8. The molecular weight excluding hydrogens is 853 g/mol. The van der Waals surface area contributed by atoms with Crippen molar-refractivity contribution in [1.29, 1.82) is 0 Å². The zero-order valence-corrected chi connectivity index (χ0v) is 45.0. The second kappa shape index (κ2) is 56.9. The number of hydrogen-bond donors (Lipinski definition) is 0. The number of unbranched alkanes of at least 4 members (excludes halogenated alkanes) is 24. The maximum Gasteiger partial charge on any atom is 0.306 e. The van der Waals surface area contributed by atoms with E-state index in [9.17, 15) is 14.4 Å². The maximum atomic E-state index is 12.8. The third kappa shape index (κ3) is 55.1. The summed E-state index contributed by atoms with van der Waals surface area (Å²) in [7, 11) is 0. The summed E-state index contributed by atoms with van der Waals surface area (Å²) in [5, 5.41) is 0. The van der Waals surface area contributed by atoms with E-state index in [1.807, 2.05) is 0 Å². The number of esters is 3. The molecule has 0 unspecified atom stereocenters. The molecule has 0 saturated carbocycles. The van der Waals surface area contributed by atoms with Gasteiger partial charge in [0.05, 0.1) is 0 Å². The number of hydrogen-bond acceptors (Lipinski definition) is 6. The Morgan fingerprint density at radius 3 is 0.942 bits per heavy atom. The summed E-state index contributed by atoms with van der Waals surface area (Å²) in [6, 6.07) is 0. The molecule has 0 aliphatic carbocycles. The van der Waals surface area contributed by atoms with Crippen LogP contribution in [0.5, 0.6) is 0 Å². The summed E-state index contributed by atoms with van der Waals surface area (Å²) in [5.41, 5.74) is 0. The average molecular weight is 960 g/mol. The highest BCUT2D eigenvalue weighted by atomic mass is 16.6. The highest BCUT2D eigenvalue weighted by Crippen LogP contribution is 2.16. The molecule has 0 radical (unpaired) electrons. The van der Waals surface area contributed by atoms with Crippen molar-refractivity contribution in [2.45, 2.75) is 271 Å². The molecule has 0 heterocycles. The normalized spacial score (nSPS) is 12.8. The number of rotatable bonds is 51. The highest BCUT2D eigenvalue weighted by molar-refractivity contribution is 5.71. The van der Waals surface area contributed by atoms with Gasteiger partial charge in [-0.2, -0.15) is 0 Å². The van der Waals surface area contributed by atoms with Crippen LogP contribution in [0.3, 0.4) is 0 Å². The summed E-state index contributed by atoms with van der Waals surface area (Å²) >= 11 is 0. The van der Waals surface area contributed by atoms with Crippen LogP contribution in [-0.2, 0) is 28.6 Å². The lowest BCUT2D eigenvalue weighted by molar-refractivity contribution is -0.167. The van der Waals surface area contributed by atoms with E-state index >= 15 is 0 Å². The minimum absolute atomic E-state index is 0.101. The molecule has 1 atom stereocenters. The monoisotopic (exact) mass is 959 g/mol. The minimum Gasteiger partial charge on any atom is -0.462 e. The summed E-state index contributed by atoms with van der Waals surface area (Å²) in [6.45, 7) is 6.37. The van der Waals surface area contributed by atoms with Crippen molar-refractivity contribution in [2.24, 2.45) is 0 Å². The fourth-order valence-corrected chi connectivity index (χ4v) is 7.85. The Balaban J connectivity index is 4.46. The molecule has 0 bridgehead atoms. The Kier molecular flexibility index (Phi) is 53.9. The summed E-state index contributed by atoms with van der Waals surface area (Å²) in [5.74, 6) is -0.974. The molecule has 0 rings (SSSR count). The molecule has 6 nitrogen and oxygen atoms in total. The first kappa shape index (κ1) is 65.3. The molecule has 0 aromatic rings. The standard InChI is InChI=1S/C63H106O6/c1-4-7-10-13-16-19-22-25-28-30-31-33-36-38-41-44-47-50-53-56-62(65)68-59-60(69-63(66)57-54-51-48-45-42-39-34-27-24-21-18-15-12-9-6-3)58-67-61(64)55-52-49-46-43-40-37-35-32-29-26-23-20-17-14-11-8-5-2/h8-9,11-12,17-18,20-21,26-27,29,34-35,37,43,46,60H,4-7,10,13-16,19,22-25,28,30-33,36,38-42,44-45,47-59H2,1-3H3/b11-8-,12-9-,20-17-,21-18-,29-26-,34-27-,37-35-,46-43-/t60-/m1/s1. The van der Waals surface area contributed by atoms with Gasteiger partial charge in [0.1, 0.15) is 13.2 Å². The fourth-order valence-electron chi connectivity index (χ4n) is 7.85.